The highest BCUT2D eigenvalue weighted by atomic mass is 79.9. The van der Waals surface area contributed by atoms with Gasteiger partial charge in [0, 0.05) is 6.07 Å². The maximum absolute atomic E-state index is 11.8. The van der Waals surface area contributed by atoms with Gasteiger partial charge in [0.15, 0.2) is 0 Å². The third-order valence-corrected chi connectivity index (χ3v) is 1.48. The molecule has 0 aliphatic carbocycles. The van der Waals surface area contributed by atoms with Crippen LogP contribution in [0.4, 0.5) is 14.6 Å². The van der Waals surface area contributed by atoms with Crippen LogP contribution < -0.4 is 5.73 Å². The largest absolute Gasteiger partial charge is 0.384 e. The number of hydrogen-bond donors (Lipinski definition) is 1. The molecule has 6 heteroatoms. The van der Waals surface area contributed by atoms with Crippen molar-refractivity contribution in [2.75, 3.05) is 5.73 Å². The number of nitrogen functional groups attached to an aromatic ring is 1. The van der Waals surface area contributed by atoms with Crippen molar-refractivity contribution in [2.45, 2.75) is 13.0 Å². The molecular weight excluding hydrogens is 220 g/mol. The van der Waals surface area contributed by atoms with E-state index in [2.05, 4.69) is 21.0 Å². The topological polar surface area (TPSA) is 43.8 Å². The first kappa shape index (κ1) is 8.45. The predicted molar refractivity (Wildman–Crippen MR) is 40.3 cm³/mol. The zero-order valence-electron chi connectivity index (χ0n) is 5.47. The first-order valence-electron chi connectivity index (χ1n) is 2.86. The van der Waals surface area contributed by atoms with Crippen LogP contribution in [-0.4, -0.2) is 16.2 Å². The highest BCUT2D eigenvalue weighted by Gasteiger charge is 2.08. The Bertz CT molecular complexity index is 248. The molecule has 0 aliphatic rings. The van der Waals surface area contributed by atoms with Crippen molar-refractivity contribution in [2.24, 2.45) is 0 Å². The summed E-state index contributed by atoms with van der Waals surface area (Å²) in [4.78, 5) is 0. The Morgan fingerprint density at radius 3 is 2.73 bits per heavy atom. The first-order valence-corrected chi connectivity index (χ1v) is 3.66. The van der Waals surface area contributed by atoms with Crippen molar-refractivity contribution < 1.29 is 8.78 Å². The Hall–Kier alpha value is -0.650. The number of halogens is 3. The third kappa shape index (κ3) is 2.14. The molecule has 0 amide bonds. The van der Waals surface area contributed by atoms with Crippen LogP contribution >= 0.6 is 15.9 Å². The van der Waals surface area contributed by atoms with Crippen LogP contribution in [0.25, 0.3) is 0 Å². The van der Waals surface area contributed by atoms with Crippen LogP contribution in [0.5, 0.6) is 0 Å². The summed E-state index contributed by atoms with van der Waals surface area (Å²) in [5.41, 5.74) is 5.33. The Balaban J connectivity index is 2.77. The van der Waals surface area contributed by atoms with E-state index >= 15 is 0 Å². The maximum atomic E-state index is 11.8. The van der Waals surface area contributed by atoms with E-state index in [-0.39, 0.29) is 5.82 Å². The average molecular weight is 226 g/mol. The summed E-state index contributed by atoms with van der Waals surface area (Å²) in [5, 5.41) is 3.68. The molecule has 0 bridgehead atoms. The average Bonchev–Trinajstić information content (AvgIpc) is 2.09. The second kappa shape index (κ2) is 3.17. The first-order chi connectivity index (χ1) is 5.09. The number of rotatable bonds is 2. The fraction of sp³-hybridized carbons (Fsp3) is 0.400. The maximum Gasteiger partial charge on any atom is 0.258 e. The molecule has 0 spiro atoms. The molecule has 1 aromatic heterocycles. The molecule has 3 nitrogen and oxygen atoms in total. The van der Waals surface area contributed by atoms with E-state index in [0.717, 1.165) is 4.68 Å². The number of anilines is 1. The molecule has 1 rings (SSSR count). The highest BCUT2D eigenvalue weighted by Crippen LogP contribution is 2.13. The van der Waals surface area contributed by atoms with Crippen molar-refractivity contribution in [3.8, 4) is 0 Å². The zero-order valence-corrected chi connectivity index (χ0v) is 7.05. The lowest BCUT2D eigenvalue weighted by atomic mass is 10.6. The van der Waals surface area contributed by atoms with Crippen LogP contribution in [-0.2, 0) is 6.54 Å². The summed E-state index contributed by atoms with van der Waals surface area (Å²) in [7, 11) is 0. The standard InChI is InChI=1S/C5H6BrF2N3/c6-3-1-5(9)11(10-3)2-4(7)8/h1,4H,2,9H2. The van der Waals surface area contributed by atoms with Crippen LogP contribution in [0.15, 0.2) is 10.7 Å². The van der Waals surface area contributed by atoms with Gasteiger partial charge in [-0.1, -0.05) is 0 Å². The Morgan fingerprint density at radius 1 is 1.73 bits per heavy atom. The summed E-state index contributed by atoms with van der Waals surface area (Å²) in [6, 6.07) is 1.47. The van der Waals surface area contributed by atoms with Gasteiger partial charge in [-0.2, -0.15) is 5.10 Å². The summed E-state index contributed by atoms with van der Waals surface area (Å²) in [5.74, 6) is 0.233. The molecule has 62 valence electrons. The summed E-state index contributed by atoms with van der Waals surface area (Å²) < 4.78 is 25.1. The minimum absolute atomic E-state index is 0.233. The molecule has 0 aromatic carbocycles. The van der Waals surface area contributed by atoms with E-state index in [9.17, 15) is 8.78 Å². The van der Waals surface area contributed by atoms with Gasteiger partial charge in [0.2, 0.25) is 0 Å². The van der Waals surface area contributed by atoms with Gasteiger partial charge in [0.05, 0.1) is 0 Å². The van der Waals surface area contributed by atoms with Gasteiger partial charge in [-0.05, 0) is 15.9 Å². The number of nitrogens with zero attached hydrogens (tertiary/aromatic N) is 2. The third-order valence-electron chi connectivity index (χ3n) is 1.09. The van der Waals surface area contributed by atoms with Gasteiger partial charge in [0.1, 0.15) is 17.0 Å². The fourth-order valence-electron chi connectivity index (χ4n) is 0.675. The molecule has 0 radical (unpaired) electrons. The zero-order chi connectivity index (χ0) is 8.43. The van der Waals surface area contributed by atoms with E-state index in [4.69, 9.17) is 5.73 Å². The molecule has 1 aromatic rings. The van der Waals surface area contributed by atoms with Gasteiger partial charge >= 0.3 is 0 Å². The lowest BCUT2D eigenvalue weighted by Gasteiger charge is -2.00. The molecule has 0 fully saturated rings. The van der Waals surface area contributed by atoms with Crippen LogP contribution in [0.2, 0.25) is 0 Å². The monoisotopic (exact) mass is 225 g/mol. The van der Waals surface area contributed by atoms with E-state index in [1.54, 1.807) is 0 Å². The van der Waals surface area contributed by atoms with Gasteiger partial charge in [0.25, 0.3) is 6.43 Å². The summed E-state index contributed by atoms with van der Waals surface area (Å²) in [6.07, 6.45) is -2.43. The minimum Gasteiger partial charge on any atom is -0.384 e. The number of alkyl halides is 2. The molecule has 0 saturated heterocycles. The van der Waals surface area contributed by atoms with Gasteiger partial charge in [-0.15, -0.1) is 0 Å². The molecule has 1 heterocycles. The quantitative estimate of drug-likeness (QED) is 0.830. The molecule has 11 heavy (non-hydrogen) atoms. The highest BCUT2D eigenvalue weighted by molar-refractivity contribution is 9.10. The molecule has 0 unspecified atom stereocenters. The van der Waals surface area contributed by atoms with Crippen molar-refractivity contribution in [3.63, 3.8) is 0 Å². The van der Waals surface area contributed by atoms with Gasteiger partial charge in [-0.3, -0.25) is 0 Å². The van der Waals surface area contributed by atoms with Crippen LogP contribution in [0.3, 0.4) is 0 Å². The SMILES string of the molecule is Nc1cc(Br)nn1CC(F)F. The van der Waals surface area contributed by atoms with E-state index in [0.29, 0.717) is 4.60 Å². The van der Waals surface area contributed by atoms with Crippen molar-refractivity contribution in [1.82, 2.24) is 9.78 Å². The van der Waals surface area contributed by atoms with Crippen molar-refractivity contribution >= 4 is 21.7 Å². The predicted octanol–water partition coefficient (Wildman–Crippen LogP) is 1.49. The normalized spacial score (nSPS) is 10.9. The lowest BCUT2D eigenvalue weighted by Crippen LogP contribution is -2.10. The Kier molecular flexibility index (Phi) is 2.43. The Labute approximate surface area is 70.3 Å². The van der Waals surface area contributed by atoms with E-state index in [1.807, 2.05) is 0 Å². The van der Waals surface area contributed by atoms with Crippen molar-refractivity contribution in [3.05, 3.63) is 10.7 Å². The second-order valence-electron chi connectivity index (χ2n) is 1.97. The molecule has 0 saturated carbocycles. The van der Waals surface area contributed by atoms with E-state index < -0.39 is 13.0 Å². The number of aromatic nitrogens is 2. The number of hydrogen-bond acceptors (Lipinski definition) is 2. The minimum atomic E-state index is -2.43. The van der Waals surface area contributed by atoms with Crippen LogP contribution in [0, 0.1) is 0 Å². The molecule has 0 atom stereocenters. The van der Waals surface area contributed by atoms with Gasteiger partial charge in [-0.25, -0.2) is 13.5 Å². The van der Waals surface area contributed by atoms with E-state index in [1.165, 1.54) is 6.07 Å². The van der Waals surface area contributed by atoms with Gasteiger partial charge < -0.3 is 5.73 Å². The molecule has 0 aliphatic heterocycles. The Morgan fingerprint density at radius 2 is 2.36 bits per heavy atom. The smallest absolute Gasteiger partial charge is 0.258 e. The molecule has 2 N–H and O–H groups in total. The van der Waals surface area contributed by atoms with Crippen LogP contribution in [0.1, 0.15) is 0 Å². The lowest BCUT2D eigenvalue weighted by molar-refractivity contribution is 0.122. The van der Waals surface area contributed by atoms with Crippen molar-refractivity contribution in [1.29, 1.82) is 0 Å². The fourth-order valence-corrected chi connectivity index (χ4v) is 1.10. The summed E-state index contributed by atoms with van der Waals surface area (Å²) in [6.45, 7) is -0.461. The number of nitrogens with two attached hydrogens (primary N) is 1. The summed E-state index contributed by atoms with van der Waals surface area (Å²) >= 11 is 3.02. The molecular formula is C5H6BrF2N3. The second-order valence-corrected chi connectivity index (χ2v) is 2.78.